The van der Waals surface area contributed by atoms with Crippen LogP contribution in [-0.2, 0) is 9.59 Å². The molecule has 1 heterocycles. The lowest BCUT2D eigenvalue weighted by molar-refractivity contribution is -0.123. The van der Waals surface area contributed by atoms with Crippen LogP contribution in [0.4, 0.5) is 18.9 Å². The molecule has 0 radical (unpaired) electrons. The normalized spacial score (nSPS) is 10.2. The molecule has 0 saturated carbocycles. The highest BCUT2D eigenvalue weighted by molar-refractivity contribution is 6.06. The van der Waals surface area contributed by atoms with Gasteiger partial charge in [-0.15, -0.1) is 0 Å². The Labute approximate surface area is 201 Å². The van der Waals surface area contributed by atoms with Crippen LogP contribution in [-0.4, -0.2) is 56.8 Å². The number of alkyl halides is 3. The Bertz CT molecular complexity index is 1130. The van der Waals surface area contributed by atoms with E-state index in [4.69, 9.17) is 0 Å². The highest BCUT2D eigenvalue weighted by atomic mass is 19.4. The molecule has 3 aromatic rings. The summed E-state index contributed by atoms with van der Waals surface area (Å²) in [6.07, 6.45) is -1.28. The number of carbonyl (C=O) groups is 3. The van der Waals surface area contributed by atoms with Gasteiger partial charge in [0.1, 0.15) is 12.0 Å². The molecule has 0 saturated heterocycles. The number of aldehydes is 2. The van der Waals surface area contributed by atoms with Crippen molar-refractivity contribution in [3.63, 3.8) is 0 Å². The summed E-state index contributed by atoms with van der Waals surface area (Å²) in [5, 5.41) is 9.34. The monoisotopic (exact) mass is 488 g/mol. The van der Waals surface area contributed by atoms with E-state index in [1.165, 1.54) is 13.1 Å². The second-order valence-electron chi connectivity index (χ2n) is 6.87. The molecule has 0 unspecified atom stereocenters. The van der Waals surface area contributed by atoms with Gasteiger partial charge in [0.2, 0.25) is 5.91 Å². The average Bonchev–Trinajstić information content (AvgIpc) is 2.84. The summed E-state index contributed by atoms with van der Waals surface area (Å²) >= 11 is 0. The van der Waals surface area contributed by atoms with E-state index in [1.807, 2.05) is 47.8 Å². The number of likely N-dealkylation sites (N-methyl/N-ethyl adjacent to an activating group) is 1. The van der Waals surface area contributed by atoms with Crippen molar-refractivity contribution in [1.82, 2.24) is 15.6 Å². The first-order valence-electron chi connectivity index (χ1n) is 10.4. The molecule has 35 heavy (non-hydrogen) atoms. The van der Waals surface area contributed by atoms with Gasteiger partial charge < -0.3 is 20.7 Å². The molecule has 186 valence electrons. The highest BCUT2D eigenvalue weighted by Crippen LogP contribution is 2.28. The number of amides is 1. The fourth-order valence-corrected chi connectivity index (χ4v) is 2.69. The fraction of sp³-hybridized carbons (Fsp3) is 0.200. The van der Waals surface area contributed by atoms with Gasteiger partial charge in [0.25, 0.3) is 0 Å². The minimum atomic E-state index is -4.06. The number of anilines is 1. The van der Waals surface area contributed by atoms with Crippen LogP contribution in [0.3, 0.4) is 0 Å². The second-order valence-corrected chi connectivity index (χ2v) is 6.87. The van der Waals surface area contributed by atoms with Crippen molar-refractivity contribution in [1.29, 1.82) is 0 Å². The fourth-order valence-electron chi connectivity index (χ4n) is 2.69. The average molecular weight is 489 g/mol. The van der Waals surface area contributed by atoms with Crippen molar-refractivity contribution < 1.29 is 27.6 Å². The Morgan fingerprint density at radius 2 is 1.74 bits per heavy atom. The SMILES string of the molecule is C=CC(=O)Nc1cccc2ccc(-c3cccc(C=O)n3)cc12.CNCC(F)(F)F.CNCC=O. The lowest BCUT2D eigenvalue weighted by Gasteiger charge is -2.09. The van der Waals surface area contributed by atoms with Gasteiger partial charge in [-0.05, 0) is 49.8 Å². The number of rotatable bonds is 7. The van der Waals surface area contributed by atoms with Gasteiger partial charge >= 0.3 is 6.18 Å². The summed E-state index contributed by atoms with van der Waals surface area (Å²) in [5.41, 5.74) is 2.68. The summed E-state index contributed by atoms with van der Waals surface area (Å²) in [6.45, 7) is 3.01. The number of nitrogens with zero attached hydrogens (tertiary/aromatic N) is 1. The summed E-state index contributed by atoms with van der Waals surface area (Å²) in [6, 6.07) is 16.8. The standard InChI is InChI=1S/C19H14N2O2.C3H6F3N.C3H7NO/c1-2-19(23)21-18-8-3-5-13-9-10-14(11-16(13)18)17-7-4-6-15(12-22)20-17;1-7-2-3(4,5)6;1-4-2-3-5/h2-12H,1H2,(H,21,23);7H,2H2,1H3;3-4H,2H2,1H3. The molecular weight excluding hydrogens is 461 g/mol. The Balaban J connectivity index is 0.000000425. The van der Waals surface area contributed by atoms with Crippen LogP contribution >= 0.6 is 0 Å². The summed E-state index contributed by atoms with van der Waals surface area (Å²) in [4.78, 5) is 36.1. The maximum atomic E-state index is 11.6. The van der Waals surface area contributed by atoms with Gasteiger partial charge in [0.15, 0.2) is 6.29 Å². The van der Waals surface area contributed by atoms with Gasteiger partial charge in [-0.3, -0.25) is 9.59 Å². The topological polar surface area (TPSA) is 100 Å². The number of hydrogen-bond donors (Lipinski definition) is 3. The molecule has 2 aromatic carbocycles. The third kappa shape index (κ3) is 10.7. The lowest BCUT2D eigenvalue weighted by Crippen LogP contribution is -2.25. The van der Waals surface area contributed by atoms with Crippen LogP contribution in [0, 0.1) is 0 Å². The van der Waals surface area contributed by atoms with Gasteiger partial charge in [0.05, 0.1) is 18.8 Å². The minimum Gasteiger partial charge on any atom is -0.322 e. The minimum absolute atomic E-state index is 0.260. The van der Waals surface area contributed by atoms with Crippen molar-refractivity contribution in [2.75, 3.05) is 32.5 Å². The molecule has 0 bridgehead atoms. The molecule has 0 fully saturated rings. The second kappa shape index (κ2) is 15.1. The zero-order valence-electron chi connectivity index (χ0n) is 19.4. The predicted molar refractivity (Wildman–Crippen MR) is 131 cm³/mol. The number of pyridine rings is 1. The maximum absolute atomic E-state index is 11.6. The van der Waals surface area contributed by atoms with Crippen LogP contribution in [0.5, 0.6) is 0 Å². The third-order valence-electron chi connectivity index (χ3n) is 4.18. The molecule has 0 atom stereocenters. The quantitative estimate of drug-likeness (QED) is 0.343. The molecule has 0 aliphatic rings. The summed E-state index contributed by atoms with van der Waals surface area (Å²) in [5.74, 6) is -0.260. The van der Waals surface area contributed by atoms with Crippen molar-refractivity contribution in [2.45, 2.75) is 6.18 Å². The predicted octanol–water partition coefficient (Wildman–Crippen LogP) is 4.01. The van der Waals surface area contributed by atoms with Crippen LogP contribution in [0.1, 0.15) is 10.5 Å². The molecular formula is C25H27F3N4O3. The van der Waals surface area contributed by atoms with Gasteiger partial charge in [0, 0.05) is 16.6 Å². The van der Waals surface area contributed by atoms with E-state index in [9.17, 15) is 27.6 Å². The number of carbonyl (C=O) groups excluding carboxylic acids is 3. The van der Waals surface area contributed by atoms with Gasteiger partial charge in [-0.25, -0.2) is 4.98 Å². The molecule has 7 nitrogen and oxygen atoms in total. The molecule has 10 heteroatoms. The molecule has 3 N–H and O–H groups in total. The van der Waals surface area contributed by atoms with E-state index in [0.717, 1.165) is 28.9 Å². The molecule has 0 aliphatic carbocycles. The molecule has 1 amide bonds. The van der Waals surface area contributed by atoms with Gasteiger partial charge in [-0.2, -0.15) is 13.2 Å². The number of nitrogens with one attached hydrogen (secondary N) is 3. The first kappa shape index (κ1) is 29.1. The van der Waals surface area contributed by atoms with Crippen LogP contribution < -0.4 is 16.0 Å². The van der Waals surface area contributed by atoms with E-state index in [0.29, 0.717) is 23.6 Å². The molecule has 0 spiro atoms. The Kier molecular flexibility index (Phi) is 12.6. The van der Waals surface area contributed by atoms with Crippen molar-refractivity contribution >= 4 is 34.9 Å². The zero-order chi connectivity index (χ0) is 26.3. The summed E-state index contributed by atoms with van der Waals surface area (Å²) < 4.78 is 33.0. The number of halogens is 3. The van der Waals surface area contributed by atoms with Crippen LogP contribution in [0.2, 0.25) is 0 Å². The van der Waals surface area contributed by atoms with Crippen molar-refractivity contribution in [3.05, 3.63) is 72.9 Å². The van der Waals surface area contributed by atoms with E-state index in [1.54, 1.807) is 19.2 Å². The lowest BCUT2D eigenvalue weighted by atomic mass is 10.0. The Morgan fingerprint density at radius 3 is 2.26 bits per heavy atom. The zero-order valence-corrected chi connectivity index (χ0v) is 19.4. The molecule has 1 aromatic heterocycles. The van der Waals surface area contributed by atoms with E-state index < -0.39 is 12.7 Å². The number of aromatic nitrogens is 1. The Hall–Kier alpha value is -3.89. The molecule has 3 rings (SSSR count). The van der Waals surface area contributed by atoms with E-state index >= 15 is 0 Å². The smallest absolute Gasteiger partial charge is 0.322 e. The Morgan fingerprint density at radius 1 is 1.03 bits per heavy atom. The first-order chi connectivity index (χ1) is 16.7. The van der Waals surface area contributed by atoms with Crippen molar-refractivity contribution in [3.8, 4) is 11.3 Å². The van der Waals surface area contributed by atoms with Gasteiger partial charge in [-0.1, -0.05) is 36.9 Å². The van der Waals surface area contributed by atoms with Crippen molar-refractivity contribution in [2.24, 2.45) is 0 Å². The number of benzene rings is 2. The van der Waals surface area contributed by atoms with Crippen LogP contribution in [0.15, 0.2) is 67.3 Å². The summed E-state index contributed by atoms with van der Waals surface area (Å²) in [7, 11) is 2.99. The maximum Gasteiger partial charge on any atom is 0.401 e. The third-order valence-corrected chi connectivity index (χ3v) is 4.18. The number of hydrogen-bond acceptors (Lipinski definition) is 6. The van der Waals surface area contributed by atoms with Crippen LogP contribution in [0.25, 0.3) is 22.0 Å². The van der Waals surface area contributed by atoms with E-state index in [2.05, 4.69) is 22.2 Å². The first-order valence-corrected chi connectivity index (χ1v) is 10.4. The van der Waals surface area contributed by atoms with E-state index in [-0.39, 0.29) is 5.91 Å². The number of fused-ring (bicyclic) bond motifs is 1. The molecule has 0 aliphatic heterocycles. The largest absolute Gasteiger partial charge is 0.401 e. The highest BCUT2D eigenvalue weighted by Gasteiger charge is 2.24.